The van der Waals surface area contributed by atoms with E-state index in [2.05, 4.69) is 4.98 Å². The molecule has 0 bridgehead atoms. The second kappa shape index (κ2) is 6.01. The van der Waals surface area contributed by atoms with Crippen LogP contribution < -0.4 is 11.2 Å². The first-order chi connectivity index (χ1) is 10.3. The summed E-state index contributed by atoms with van der Waals surface area (Å²) in [4.78, 5) is 37.9. The fraction of sp³-hybridized carbons (Fsp3) is 0.312. The summed E-state index contributed by atoms with van der Waals surface area (Å²) >= 11 is 0. The van der Waals surface area contributed by atoms with Gasteiger partial charge in [0.25, 0.3) is 5.56 Å². The molecule has 0 radical (unpaired) electrons. The number of nitrogens with zero attached hydrogens (tertiary/aromatic N) is 1. The zero-order chi connectivity index (χ0) is 16.4. The third-order valence-corrected chi connectivity index (χ3v) is 3.56. The number of hydrogen-bond acceptors (Lipinski definition) is 3. The van der Waals surface area contributed by atoms with E-state index in [1.807, 2.05) is 26.0 Å². The predicted octanol–water partition coefficient (Wildman–Crippen LogP) is 1.58. The van der Waals surface area contributed by atoms with Crippen LogP contribution in [0.15, 0.2) is 33.9 Å². The Morgan fingerprint density at radius 2 is 1.82 bits per heavy atom. The molecule has 0 saturated heterocycles. The topological polar surface area (TPSA) is 92.2 Å². The van der Waals surface area contributed by atoms with Gasteiger partial charge in [0.1, 0.15) is 0 Å². The molecule has 0 amide bonds. The fourth-order valence-electron chi connectivity index (χ4n) is 2.28. The highest BCUT2D eigenvalue weighted by Crippen LogP contribution is 2.15. The zero-order valence-corrected chi connectivity index (χ0v) is 12.7. The van der Waals surface area contributed by atoms with Crippen molar-refractivity contribution in [3.05, 3.63) is 61.9 Å². The fourth-order valence-corrected chi connectivity index (χ4v) is 2.28. The maximum Gasteiger partial charge on any atom is 0.333 e. The first-order valence-electron chi connectivity index (χ1n) is 6.98. The summed E-state index contributed by atoms with van der Waals surface area (Å²) in [6.07, 6.45) is -0.425. The average molecular weight is 302 g/mol. The zero-order valence-electron chi connectivity index (χ0n) is 12.7. The highest BCUT2D eigenvalue weighted by Gasteiger charge is 2.15. The van der Waals surface area contributed by atoms with Crippen LogP contribution in [-0.2, 0) is 11.2 Å². The van der Waals surface area contributed by atoms with Crippen molar-refractivity contribution in [2.75, 3.05) is 0 Å². The van der Waals surface area contributed by atoms with Gasteiger partial charge in [0.15, 0.2) is 0 Å². The normalized spacial score (nSPS) is 10.9. The molecular weight excluding hydrogens is 284 g/mol. The molecule has 2 aromatic rings. The standard InChI is InChI=1S/C16H18N2O4/c1-9(2)11-4-6-12(7-5-11)18-15(21)13(8-14(19)20)10(3)17-16(18)22/h4-7,9H,8H2,1-3H3,(H,17,22)(H,19,20). The minimum atomic E-state index is -1.12. The Bertz CT molecular complexity index is 814. The number of carboxylic acids is 1. The van der Waals surface area contributed by atoms with E-state index in [4.69, 9.17) is 5.11 Å². The molecule has 0 fully saturated rings. The van der Waals surface area contributed by atoms with E-state index in [0.717, 1.165) is 10.1 Å². The smallest absolute Gasteiger partial charge is 0.333 e. The molecule has 1 aromatic carbocycles. The van der Waals surface area contributed by atoms with Crippen LogP contribution in [0.2, 0.25) is 0 Å². The van der Waals surface area contributed by atoms with E-state index in [9.17, 15) is 14.4 Å². The molecular formula is C16H18N2O4. The van der Waals surface area contributed by atoms with E-state index >= 15 is 0 Å². The minimum absolute atomic E-state index is 0.0834. The van der Waals surface area contributed by atoms with Crippen LogP contribution in [0, 0.1) is 6.92 Å². The first-order valence-corrected chi connectivity index (χ1v) is 6.98. The van der Waals surface area contributed by atoms with Crippen molar-refractivity contribution >= 4 is 5.97 Å². The first kappa shape index (κ1) is 15.8. The van der Waals surface area contributed by atoms with Crippen LogP contribution in [0.1, 0.15) is 36.6 Å². The molecule has 0 atom stereocenters. The largest absolute Gasteiger partial charge is 0.481 e. The van der Waals surface area contributed by atoms with Gasteiger partial charge in [-0.15, -0.1) is 0 Å². The molecule has 2 N–H and O–H groups in total. The Kier molecular flexibility index (Phi) is 4.30. The van der Waals surface area contributed by atoms with Crippen molar-refractivity contribution in [3.8, 4) is 5.69 Å². The quantitative estimate of drug-likeness (QED) is 0.897. The summed E-state index contributed by atoms with van der Waals surface area (Å²) in [5.74, 6) is -0.779. The van der Waals surface area contributed by atoms with Crippen LogP contribution in [0.5, 0.6) is 0 Å². The molecule has 0 spiro atoms. The third kappa shape index (κ3) is 3.00. The van der Waals surface area contributed by atoms with Gasteiger partial charge in [-0.3, -0.25) is 9.59 Å². The van der Waals surface area contributed by atoms with Crippen LogP contribution in [-0.4, -0.2) is 20.6 Å². The molecule has 0 saturated carbocycles. The van der Waals surface area contributed by atoms with Gasteiger partial charge in [-0.1, -0.05) is 26.0 Å². The van der Waals surface area contributed by atoms with Crippen LogP contribution >= 0.6 is 0 Å². The molecule has 0 aliphatic rings. The van der Waals surface area contributed by atoms with E-state index in [-0.39, 0.29) is 11.3 Å². The van der Waals surface area contributed by atoms with Crippen LogP contribution in [0.25, 0.3) is 5.69 Å². The summed E-state index contributed by atoms with van der Waals surface area (Å²) in [6, 6.07) is 7.07. The van der Waals surface area contributed by atoms with Crippen molar-refractivity contribution < 1.29 is 9.90 Å². The summed E-state index contributed by atoms with van der Waals surface area (Å²) in [7, 11) is 0. The molecule has 2 rings (SSSR count). The number of aliphatic carboxylic acids is 1. The van der Waals surface area contributed by atoms with Gasteiger partial charge in [-0.25, -0.2) is 9.36 Å². The van der Waals surface area contributed by atoms with E-state index in [0.29, 0.717) is 11.6 Å². The Morgan fingerprint density at radius 1 is 1.23 bits per heavy atom. The van der Waals surface area contributed by atoms with E-state index in [1.54, 1.807) is 12.1 Å². The van der Waals surface area contributed by atoms with Crippen molar-refractivity contribution in [2.45, 2.75) is 33.1 Å². The molecule has 0 unspecified atom stereocenters. The van der Waals surface area contributed by atoms with Crippen LogP contribution in [0.4, 0.5) is 0 Å². The number of H-pyrrole nitrogens is 1. The highest BCUT2D eigenvalue weighted by molar-refractivity contribution is 5.70. The minimum Gasteiger partial charge on any atom is -0.481 e. The van der Waals surface area contributed by atoms with Gasteiger partial charge in [0.2, 0.25) is 0 Å². The predicted molar refractivity (Wildman–Crippen MR) is 82.8 cm³/mol. The number of benzene rings is 1. The molecule has 22 heavy (non-hydrogen) atoms. The number of carboxylic acid groups (broad SMARTS) is 1. The Balaban J connectivity index is 2.62. The molecule has 0 aliphatic carbocycles. The van der Waals surface area contributed by atoms with Crippen molar-refractivity contribution in [1.29, 1.82) is 0 Å². The number of aromatic nitrogens is 2. The average Bonchev–Trinajstić information content (AvgIpc) is 2.43. The van der Waals surface area contributed by atoms with Gasteiger partial charge in [-0.05, 0) is 30.5 Å². The monoisotopic (exact) mass is 302 g/mol. The van der Waals surface area contributed by atoms with Crippen molar-refractivity contribution in [1.82, 2.24) is 9.55 Å². The lowest BCUT2D eigenvalue weighted by atomic mass is 10.0. The second-order valence-corrected chi connectivity index (χ2v) is 5.49. The number of aromatic amines is 1. The Labute approximate surface area is 127 Å². The Hall–Kier alpha value is -2.63. The molecule has 1 aromatic heterocycles. The van der Waals surface area contributed by atoms with E-state index in [1.165, 1.54) is 6.92 Å². The Morgan fingerprint density at radius 3 is 2.32 bits per heavy atom. The second-order valence-electron chi connectivity index (χ2n) is 5.49. The summed E-state index contributed by atoms with van der Waals surface area (Å²) in [5, 5.41) is 8.90. The lowest BCUT2D eigenvalue weighted by Crippen LogP contribution is -2.37. The summed E-state index contributed by atoms with van der Waals surface area (Å²) < 4.78 is 0.968. The lowest BCUT2D eigenvalue weighted by molar-refractivity contribution is -0.136. The van der Waals surface area contributed by atoms with Gasteiger partial charge >= 0.3 is 11.7 Å². The van der Waals surface area contributed by atoms with E-state index < -0.39 is 23.6 Å². The number of aryl methyl sites for hydroxylation is 1. The maximum atomic E-state index is 12.4. The molecule has 1 heterocycles. The molecule has 6 heteroatoms. The van der Waals surface area contributed by atoms with Crippen molar-refractivity contribution in [3.63, 3.8) is 0 Å². The van der Waals surface area contributed by atoms with Gasteiger partial charge in [-0.2, -0.15) is 0 Å². The van der Waals surface area contributed by atoms with Crippen LogP contribution in [0.3, 0.4) is 0 Å². The highest BCUT2D eigenvalue weighted by atomic mass is 16.4. The van der Waals surface area contributed by atoms with Crippen molar-refractivity contribution in [2.24, 2.45) is 0 Å². The molecule has 0 aliphatic heterocycles. The SMILES string of the molecule is Cc1[nH]c(=O)n(-c2ccc(C(C)C)cc2)c(=O)c1CC(=O)O. The van der Waals surface area contributed by atoms with Gasteiger partial charge < -0.3 is 10.1 Å². The summed E-state index contributed by atoms with van der Waals surface area (Å²) in [5.41, 5.74) is 0.704. The number of rotatable bonds is 4. The number of carbonyl (C=O) groups is 1. The van der Waals surface area contributed by atoms with Gasteiger partial charge in [0, 0.05) is 11.3 Å². The third-order valence-electron chi connectivity index (χ3n) is 3.56. The lowest BCUT2D eigenvalue weighted by Gasteiger charge is -2.10. The number of nitrogens with one attached hydrogen (secondary N) is 1. The maximum absolute atomic E-state index is 12.4. The number of hydrogen-bond donors (Lipinski definition) is 2. The molecule has 116 valence electrons. The summed E-state index contributed by atoms with van der Waals surface area (Å²) in [6.45, 7) is 5.61. The molecule has 6 nitrogen and oxygen atoms in total. The van der Waals surface area contributed by atoms with Gasteiger partial charge in [0.05, 0.1) is 12.1 Å².